The molecule has 0 aliphatic rings. The summed E-state index contributed by atoms with van der Waals surface area (Å²) in [5.74, 6) is 0. The van der Waals surface area contributed by atoms with Crippen molar-refractivity contribution in [1.29, 1.82) is 0 Å². The molecule has 0 radical (unpaired) electrons. The van der Waals surface area contributed by atoms with Crippen LogP contribution in [-0.4, -0.2) is 9.55 Å². The molecule has 2 aromatic heterocycles. The molecule has 0 unspecified atom stereocenters. The lowest BCUT2D eigenvalue weighted by molar-refractivity contribution is 0.751. The Morgan fingerprint density at radius 3 is 2.93 bits per heavy atom. The lowest BCUT2D eigenvalue weighted by atomic mass is 10.3. The van der Waals surface area contributed by atoms with Crippen LogP contribution in [0.25, 0.3) is 0 Å². The predicted molar refractivity (Wildman–Crippen MR) is 64.4 cm³/mol. The van der Waals surface area contributed by atoms with Crippen LogP contribution in [0.1, 0.15) is 11.3 Å². The van der Waals surface area contributed by atoms with E-state index in [2.05, 4.69) is 20.9 Å². The standard InChI is InChI=1S/C10H9BrN2OS/c1-7-6-15-10(14)13(7)5-8-2-9(11)4-12-3-8/h2-4,6H,5H2,1H3. The zero-order valence-electron chi connectivity index (χ0n) is 8.11. The minimum Gasteiger partial charge on any atom is -0.299 e. The van der Waals surface area contributed by atoms with Gasteiger partial charge in [0.15, 0.2) is 0 Å². The maximum absolute atomic E-state index is 11.5. The summed E-state index contributed by atoms with van der Waals surface area (Å²) in [6.07, 6.45) is 3.50. The monoisotopic (exact) mass is 284 g/mol. The van der Waals surface area contributed by atoms with Gasteiger partial charge in [0.05, 0.1) is 6.54 Å². The van der Waals surface area contributed by atoms with E-state index in [1.807, 2.05) is 18.4 Å². The highest BCUT2D eigenvalue weighted by molar-refractivity contribution is 9.10. The maximum Gasteiger partial charge on any atom is 0.307 e. The van der Waals surface area contributed by atoms with Crippen LogP contribution in [0, 0.1) is 6.92 Å². The van der Waals surface area contributed by atoms with Crippen molar-refractivity contribution < 1.29 is 0 Å². The van der Waals surface area contributed by atoms with E-state index in [4.69, 9.17) is 0 Å². The molecular formula is C10H9BrN2OS. The van der Waals surface area contributed by atoms with Crippen LogP contribution >= 0.6 is 27.3 Å². The molecule has 15 heavy (non-hydrogen) atoms. The number of halogens is 1. The van der Waals surface area contributed by atoms with E-state index < -0.39 is 0 Å². The van der Waals surface area contributed by atoms with E-state index >= 15 is 0 Å². The first kappa shape index (κ1) is 10.6. The molecule has 5 heteroatoms. The second-order valence-electron chi connectivity index (χ2n) is 3.24. The summed E-state index contributed by atoms with van der Waals surface area (Å²) in [7, 11) is 0. The zero-order valence-corrected chi connectivity index (χ0v) is 10.5. The minimum atomic E-state index is 0.0764. The molecule has 2 rings (SSSR count). The summed E-state index contributed by atoms with van der Waals surface area (Å²) in [4.78, 5) is 15.6. The van der Waals surface area contributed by atoms with Gasteiger partial charge in [-0.05, 0) is 34.5 Å². The normalized spacial score (nSPS) is 10.5. The van der Waals surface area contributed by atoms with Gasteiger partial charge in [-0.25, -0.2) is 0 Å². The van der Waals surface area contributed by atoms with E-state index in [-0.39, 0.29) is 4.87 Å². The third kappa shape index (κ3) is 2.35. The van der Waals surface area contributed by atoms with Crippen molar-refractivity contribution in [2.45, 2.75) is 13.5 Å². The molecular weight excluding hydrogens is 276 g/mol. The zero-order chi connectivity index (χ0) is 10.8. The van der Waals surface area contributed by atoms with Gasteiger partial charge in [-0.3, -0.25) is 14.3 Å². The van der Waals surface area contributed by atoms with Crippen molar-refractivity contribution in [3.8, 4) is 0 Å². The number of pyridine rings is 1. The summed E-state index contributed by atoms with van der Waals surface area (Å²) >= 11 is 4.59. The molecule has 0 bridgehead atoms. The Morgan fingerprint density at radius 2 is 2.33 bits per heavy atom. The van der Waals surface area contributed by atoms with Gasteiger partial charge in [0, 0.05) is 27.9 Å². The van der Waals surface area contributed by atoms with Gasteiger partial charge in [0.25, 0.3) is 0 Å². The highest BCUT2D eigenvalue weighted by Gasteiger charge is 2.03. The predicted octanol–water partition coefficient (Wildman–Crippen LogP) is 2.42. The minimum absolute atomic E-state index is 0.0764. The fourth-order valence-corrected chi connectivity index (χ4v) is 2.47. The van der Waals surface area contributed by atoms with Gasteiger partial charge >= 0.3 is 4.87 Å². The van der Waals surface area contributed by atoms with Crippen LogP contribution in [0.2, 0.25) is 0 Å². The molecule has 0 spiro atoms. The van der Waals surface area contributed by atoms with Crippen molar-refractivity contribution in [3.05, 3.63) is 49.2 Å². The molecule has 0 atom stereocenters. The summed E-state index contributed by atoms with van der Waals surface area (Å²) in [5.41, 5.74) is 2.01. The van der Waals surface area contributed by atoms with E-state index in [9.17, 15) is 4.79 Å². The van der Waals surface area contributed by atoms with Crippen LogP contribution in [0.5, 0.6) is 0 Å². The molecule has 0 saturated heterocycles. The second kappa shape index (κ2) is 4.28. The number of nitrogens with zero attached hydrogens (tertiary/aromatic N) is 2. The number of aryl methyl sites for hydroxylation is 1. The molecule has 78 valence electrons. The Balaban J connectivity index is 2.33. The first-order chi connectivity index (χ1) is 7.16. The first-order valence-corrected chi connectivity index (χ1v) is 6.08. The number of rotatable bonds is 2. The Hall–Kier alpha value is -0.940. The third-order valence-electron chi connectivity index (χ3n) is 2.08. The van der Waals surface area contributed by atoms with Crippen molar-refractivity contribution >= 4 is 27.3 Å². The molecule has 0 fully saturated rings. The summed E-state index contributed by atoms with van der Waals surface area (Å²) < 4.78 is 2.68. The van der Waals surface area contributed by atoms with Gasteiger partial charge in [-0.15, -0.1) is 0 Å². The number of hydrogen-bond acceptors (Lipinski definition) is 3. The largest absolute Gasteiger partial charge is 0.307 e. The van der Waals surface area contributed by atoms with Gasteiger partial charge in [-0.2, -0.15) is 0 Å². The average Bonchev–Trinajstić information content (AvgIpc) is 2.50. The van der Waals surface area contributed by atoms with Crippen LogP contribution in [-0.2, 0) is 6.54 Å². The summed E-state index contributed by atoms with van der Waals surface area (Å²) in [5, 5.41) is 1.87. The van der Waals surface area contributed by atoms with E-state index in [0.29, 0.717) is 6.54 Å². The first-order valence-electron chi connectivity index (χ1n) is 4.41. The fourth-order valence-electron chi connectivity index (χ4n) is 1.32. The fraction of sp³-hybridized carbons (Fsp3) is 0.200. The molecule has 3 nitrogen and oxygen atoms in total. The Bertz CT molecular complexity index is 532. The average molecular weight is 285 g/mol. The van der Waals surface area contributed by atoms with Crippen molar-refractivity contribution in [3.63, 3.8) is 0 Å². The van der Waals surface area contributed by atoms with Gasteiger partial charge < -0.3 is 0 Å². The van der Waals surface area contributed by atoms with Crippen LogP contribution < -0.4 is 4.87 Å². The summed E-state index contributed by atoms with van der Waals surface area (Å²) in [6.45, 7) is 2.52. The highest BCUT2D eigenvalue weighted by atomic mass is 79.9. The van der Waals surface area contributed by atoms with Crippen molar-refractivity contribution in [2.24, 2.45) is 0 Å². The Morgan fingerprint density at radius 1 is 1.53 bits per heavy atom. The molecule has 0 saturated carbocycles. The lowest BCUT2D eigenvalue weighted by Crippen LogP contribution is -2.15. The number of thiazole rings is 1. The Labute approximate surface area is 99.5 Å². The van der Waals surface area contributed by atoms with Gasteiger partial charge in [0.1, 0.15) is 0 Å². The highest BCUT2D eigenvalue weighted by Crippen LogP contribution is 2.11. The van der Waals surface area contributed by atoms with Crippen LogP contribution in [0.4, 0.5) is 0 Å². The van der Waals surface area contributed by atoms with Gasteiger partial charge in [-0.1, -0.05) is 11.3 Å². The molecule has 0 aliphatic heterocycles. The van der Waals surface area contributed by atoms with Crippen LogP contribution in [0.15, 0.2) is 33.1 Å². The third-order valence-corrected chi connectivity index (χ3v) is 3.39. The molecule has 0 amide bonds. The van der Waals surface area contributed by atoms with E-state index in [0.717, 1.165) is 15.7 Å². The smallest absolute Gasteiger partial charge is 0.299 e. The molecule has 2 aromatic rings. The SMILES string of the molecule is Cc1csc(=O)n1Cc1cncc(Br)c1. The quantitative estimate of drug-likeness (QED) is 0.849. The maximum atomic E-state index is 11.5. The van der Waals surface area contributed by atoms with E-state index in [1.165, 1.54) is 11.3 Å². The topological polar surface area (TPSA) is 34.9 Å². The Kier molecular flexibility index (Phi) is 3.02. The molecule has 0 aromatic carbocycles. The summed E-state index contributed by atoms with van der Waals surface area (Å²) in [6, 6.07) is 1.97. The molecule has 0 aliphatic carbocycles. The number of hydrogen-bond donors (Lipinski definition) is 0. The van der Waals surface area contributed by atoms with Gasteiger partial charge in [0.2, 0.25) is 0 Å². The molecule has 2 heterocycles. The lowest BCUT2D eigenvalue weighted by Gasteiger charge is -2.04. The van der Waals surface area contributed by atoms with Crippen molar-refractivity contribution in [2.75, 3.05) is 0 Å². The van der Waals surface area contributed by atoms with Crippen molar-refractivity contribution in [1.82, 2.24) is 9.55 Å². The second-order valence-corrected chi connectivity index (χ2v) is 4.98. The van der Waals surface area contributed by atoms with Crippen LogP contribution in [0.3, 0.4) is 0 Å². The number of aromatic nitrogens is 2. The van der Waals surface area contributed by atoms with E-state index in [1.54, 1.807) is 17.0 Å². The molecule has 0 N–H and O–H groups in total.